The van der Waals surface area contributed by atoms with E-state index in [4.69, 9.17) is 25.8 Å². The van der Waals surface area contributed by atoms with Gasteiger partial charge >= 0.3 is 12.1 Å². The summed E-state index contributed by atoms with van der Waals surface area (Å²) in [6, 6.07) is 16.5. The number of allylic oxidation sites excluding steroid dienone is 3. The lowest BCUT2D eigenvalue weighted by Crippen LogP contribution is -2.34. The van der Waals surface area contributed by atoms with Crippen molar-refractivity contribution in [1.29, 1.82) is 0 Å². The molecular formula is C34H35ClN2O7. The Hall–Kier alpha value is -4.76. The number of aliphatic carboxylic acids is 1. The summed E-state index contributed by atoms with van der Waals surface area (Å²) in [7, 11) is 1.49. The molecule has 2 N–H and O–H groups in total. The van der Waals surface area contributed by atoms with Gasteiger partial charge in [0, 0.05) is 33.8 Å². The minimum absolute atomic E-state index is 0.110. The SMILES string of the molecule is CCN(Cc1cc(NC(=O)c2ccc(Cl)cc2)ccc1Oc1cc(CC(=O)O)ccc1OC)C(=O)OCC1(C)C=CC=CC1. The van der Waals surface area contributed by atoms with Gasteiger partial charge in [-0.05, 0) is 73.5 Å². The van der Waals surface area contributed by atoms with E-state index >= 15 is 0 Å². The summed E-state index contributed by atoms with van der Waals surface area (Å²) < 4.78 is 17.4. The second-order valence-corrected chi connectivity index (χ2v) is 11.1. The minimum atomic E-state index is -0.978. The average molecular weight is 619 g/mol. The molecule has 0 aliphatic heterocycles. The molecule has 44 heavy (non-hydrogen) atoms. The van der Waals surface area contributed by atoms with Gasteiger partial charge in [0.25, 0.3) is 5.91 Å². The normalized spacial score (nSPS) is 15.4. The number of nitrogens with one attached hydrogen (secondary N) is 1. The third kappa shape index (κ3) is 8.64. The molecule has 10 heteroatoms. The Morgan fingerprint density at radius 1 is 1.00 bits per heavy atom. The van der Waals surface area contributed by atoms with Crippen molar-refractivity contribution in [2.24, 2.45) is 5.41 Å². The maximum absolute atomic E-state index is 13.2. The van der Waals surface area contributed by atoms with Crippen LogP contribution in [0.15, 0.2) is 85.0 Å². The standard InChI is InChI=1S/C34H35ClN2O7/c1-4-37(33(41)43-22-34(2)16-6-5-7-17-34)21-25-20-27(36-32(40)24-9-11-26(35)12-10-24)13-15-28(25)44-30-18-23(19-31(38)39)8-14-29(30)42-3/h5-16,18,20H,4,17,19,21-22H2,1-3H3,(H,36,40)(H,38,39). The fraction of sp³-hybridized carbons (Fsp3) is 0.265. The van der Waals surface area contributed by atoms with Crippen LogP contribution in [-0.2, 0) is 22.5 Å². The molecule has 0 fully saturated rings. The fourth-order valence-corrected chi connectivity index (χ4v) is 4.72. The second kappa shape index (κ2) is 14.6. The Kier molecular flexibility index (Phi) is 10.7. The highest BCUT2D eigenvalue weighted by molar-refractivity contribution is 6.30. The molecule has 1 atom stereocenters. The summed E-state index contributed by atoms with van der Waals surface area (Å²) in [6.07, 6.45) is 8.07. The van der Waals surface area contributed by atoms with Gasteiger partial charge in [-0.25, -0.2) is 4.79 Å². The average Bonchev–Trinajstić information content (AvgIpc) is 3.00. The monoisotopic (exact) mass is 618 g/mol. The van der Waals surface area contributed by atoms with Gasteiger partial charge in [0.05, 0.1) is 20.1 Å². The van der Waals surface area contributed by atoms with E-state index in [9.17, 15) is 19.5 Å². The first kappa shape index (κ1) is 32.2. The van der Waals surface area contributed by atoms with Crippen LogP contribution in [0.1, 0.15) is 41.8 Å². The summed E-state index contributed by atoms with van der Waals surface area (Å²) in [5.41, 5.74) is 1.72. The lowest BCUT2D eigenvalue weighted by molar-refractivity contribution is -0.136. The number of carbonyl (C=O) groups excluding carboxylic acids is 2. The number of carboxylic acid groups (broad SMARTS) is 1. The second-order valence-electron chi connectivity index (χ2n) is 10.7. The fourth-order valence-electron chi connectivity index (χ4n) is 4.60. The number of hydrogen-bond donors (Lipinski definition) is 2. The summed E-state index contributed by atoms with van der Waals surface area (Å²) in [5.74, 6) is -0.216. The number of carbonyl (C=O) groups is 3. The largest absolute Gasteiger partial charge is 0.493 e. The van der Waals surface area contributed by atoms with Gasteiger partial charge in [-0.15, -0.1) is 0 Å². The van der Waals surface area contributed by atoms with Crippen molar-refractivity contribution in [3.8, 4) is 17.2 Å². The molecule has 1 unspecified atom stereocenters. The number of ether oxygens (including phenoxy) is 3. The molecule has 9 nitrogen and oxygen atoms in total. The van der Waals surface area contributed by atoms with Crippen LogP contribution in [0.4, 0.5) is 10.5 Å². The molecule has 1 aliphatic rings. The molecule has 230 valence electrons. The Morgan fingerprint density at radius 3 is 2.41 bits per heavy atom. The number of methoxy groups -OCH3 is 1. The molecule has 2 amide bonds. The van der Waals surface area contributed by atoms with Gasteiger partial charge < -0.3 is 29.5 Å². The number of hydrogen-bond acceptors (Lipinski definition) is 6. The van der Waals surface area contributed by atoms with Crippen LogP contribution in [0.5, 0.6) is 17.2 Å². The molecular weight excluding hydrogens is 584 g/mol. The number of carboxylic acids is 1. The van der Waals surface area contributed by atoms with E-state index in [1.807, 2.05) is 38.2 Å². The molecule has 0 radical (unpaired) electrons. The van der Waals surface area contributed by atoms with Gasteiger partial charge in [-0.3, -0.25) is 9.59 Å². The molecule has 3 aromatic carbocycles. The first-order valence-corrected chi connectivity index (χ1v) is 14.5. The minimum Gasteiger partial charge on any atom is -0.493 e. The van der Waals surface area contributed by atoms with Crippen molar-refractivity contribution >= 4 is 35.3 Å². The zero-order valence-electron chi connectivity index (χ0n) is 24.8. The summed E-state index contributed by atoms with van der Waals surface area (Å²) in [5, 5.41) is 12.7. The van der Waals surface area contributed by atoms with E-state index in [0.717, 1.165) is 6.42 Å². The maximum Gasteiger partial charge on any atom is 0.410 e. The molecule has 0 aromatic heterocycles. The maximum atomic E-state index is 13.2. The highest BCUT2D eigenvalue weighted by Crippen LogP contribution is 2.36. The number of halogens is 1. The molecule has 1 aliphatic carbocycles. The zero-order chi connectivity index (χ0) is 31.7. The van der Waals surface area contributed by atoms with Crippen LogP contribution in [0.3, 0.4) is 0 Å². The number of benzene rings is 3. The Balaban J connectivity index is 1.62. The summed E-state index contributed by atoms with van der Waals surface area (Å²) in [6.45, 7) is 4.55. The Morgan fingerprint density at radius 2 is 1.75 bits per heavy atom. The van der Waals surface area contributed by atoms with E-state index in [-0.39, 0.29) is 30.9 Å². The number of rotatable bonds is 12. The van der Waals surface area contributed by atoms with Crippen LogP contribution in [0.2, 0.25) is 5.02 Å². The van der Waals surface area contributed by atoms with Crippen molar-refractivity contribution in [1.82, 2.24) is 4.90 Å². The summed E-state index contributed by atoms with van der Waals surface area (Å²) >= 11 is 5.97. The molecule has 0 spiro atoms. The highest BCUT2D eigenvalue weighted by atomic mass is 35.5. The number of nitrogens with zero attached hydrogens (tertiary/aromatic N) is 1. The quantitative estimate of drug-likeness (QED) is 0.216. The molecule has 3 aromatic rings. The molecule has 4 rings (SSSR count). The van der Waals surface area contributed by atoms with Crippen LogP contribution in [-0.4, -0.2) is 48.2 Å². The van der Waals surface area contributed by atoms with E-state index < -0.39 is 12.1 Å². The zero-order valence-corrected chi connectivity index (χ0v) is 25.6. The van der Waals surface area contributed by atoms with Gasteiger partial charge in [-0.2, -0.15) is 0 Å². The third-order valence-electron chi connectivity index (χ3n) is 7.08. The first-order valence-electron chi connectivity index (χ1n) is 14.1. The Bertz CT molecular complexity index is 1570. The van der Waals surface area contributed by atoms with Crippen molar-refractivity contribution in [3.05, 3.63) is 107 Å². The van der Waals surface area contributed by atoms with Gasteiger partial charge in [0.2, 0.25) is 0 Å². The number of amides is 2. The molecule has 0 bridgehead atoms. The van der Waals surface area contributed by atoms with Crippen LogP contribution in [0.25, 0.3) is 0 Å². The molecule has 0 saturated carbocycles. The molecule has 0 saturated heterocycles. The van der Waals surface area contributed by atoms with Crippen molar-refractivity contribution in [2.75, 3.05) is 25.6 Å². The Labute approximate surface area is 261 Å². The third-order valence-corrected chi connectivity index (χ3v) is 7.34. The van der Waals surface area contributed by atoms with Crippen LogP contribution < -0.4 is 14.8 Å². The van der Waals surface area contributed by atoms with Crippen molar-refractivity contribution < 1.29 is 33.7 Å². The highest BCUT2D eigenvalue weighted by Gasteiger charge is 2.25. The predicted octanol–water partition coefficient (Wildman–Crippen LogP) is 7.50. The van der Waals surface area contributed by atoms with Crippen LogP contribution >= 0.6 is 11.6 Å². The van der Waals surface area contributed by atoms with E-state index in [1.54, 1.807) is 60.7 Å². The van der Waals surface area contributed by atoms with Gasteiger partial charge in [0.1, 0.15) is 12.4 Å². The topological polar surface area (TPSA) is 114 Å². The summed E-state index contributed by atoms with van der Waals surface area (Å²) in [4.78, 5) is 39.0. The molecule has 0 heterocycles. The van der Waals surface area contributed by atoms with E-state index in [0.29, 0.717) is 51.2 Å². The van der Waals surface area contributed by atoms with Gasteiger partial charge in [-0.1, -0.05) is 48.9 Å². The number of anilines is 1. The predicted molar refractivity (Wildman–Crippen MR) is 169 cm³/mol. The van der Waals surface area contributed by atoms with Crippen LogP contribution in [0, 0.1) is 5.41 Å². The van der Waals surface area contributed by atoms with E-state index in [1.165, 1.54) is 12.0 Å². The first-order chi connectivity index (χ1) is 21.1. The van der Waals surface area contributed by atoms with Crippen molar-refractivity contribution in [3.63, 3.8) is 0 Å². The van der Waals surface area contributed by atoms with Crippen molar-refractivity contribution in [2.45, 2.75) is 33.2 Å². The smallest absolute Gasteiger partial charge is 0.410 e. The van der Waals surface area contributed by atoms with Gasteiger partial charge in [0.15, 0.2) is 11.5 Å². The lowest BCUT2D eigenvalue weighted by atomic mass is 9.85. The lowest BCUT2D eigenvalue weighted by Gasteiger charge is -2.28. The van der Waals surface area contributed by atoms with E-state index in [2.05, 4.69) is 5.32 Å².